The smallest absolute Gasteiger partial charge is 0.0554 e. The van der Waals surface area contributed by atoms with Gasteiger partial charge in [0.25, 0.3) is 0 Å². The van der Waals surface area contributed by atoms with Crippen molar-refractivity contribution >= 4 is 59.3 Å². The number of fused-ring (bicyclic) bond motifs is 4. The highest BCUT2D eigenvalue weighted by Gasteiger charge is 2.19. The lowest BCUT2D eigenvalue weighted by Crippen LogP contribution is -2.10. The first-order chi connectivity index (χ1) is 29.7. The van der Waals surface area contributed by atoms with Gasteiger partial charge in [-0.05, 0) is 127 Å². The molecule has 60 heavy (non-hydrogen) atoms. The monoisotopic (exact) mass is 781 g/mol. The molecule has 0 bridgehead atoms. The minimum absolute atomic E-state index is 1.11. The van der Waals surface area contributed by atoms with Crippen molar-refractivity contribution in [1.29, 1.82) is 0 Å². The summed E-state index contributed by atoms with van der Waals surface area (Å²) in [5.74, 6) is 0. The minimum Gasteiger partial charge on any atom is -0.310 e. The Morgan fingerprint density at radius 1 is 0.267 bits per heavy atom. The highest BCUT2D eigenvalue weighted by Crippen LogP contribution is 2.45. The van der Waals surface area contributed by atoms with E-state index in [9.17, 15) is 0 Å². The molecule has 1 nitrogen and oxygen atoms in total. The largest absolute Gasteiger partial charge is 0.310 e. The zero-order chi connectivity index (χ0) is 39.8. The van der Waals surface area contributed by atoms with Crippen LogP contribution in [0.15, 0.2) is 237 Å². The second-order valence-electron chi connectivity index (χ2n) is 15.3. The Bertz CT molecular complexity index is 3290. The molecule has 282 valence electrons. The van der Waals surface area contributed by atoms with Gasteiger partial charge >= 0.3 is 0 Å². The van der Waals surface area contributed by atoms with Gasteiger partial charge in [0.15, 0.2) is 0 Å². The number of hydrogen-bond donors (Lipinski definition) is 0. The van der Waals surface area contributed by atoms with Crippen molar-refractivity contribution in [2.24, 2.45) is 0 Å². The summed E-state index contributed by atoms with van der Waals surface area (Å²) in [6, 6.07) is 86.1. The quantitative estimate of drug-likeness (QED) is 0.148. The van der Waals surface area contributed by atoms with Gasteiger partial charge < -0.3 is 4.90 Å². The van der Waals surface area contributed by atoms with Crippen LogP contribution in [0.1, 0.15) is 0 Å². The summed E-state index contributed by atoms with van der Waals surface area (Å²) >= 11 is 1.86. The zero-order valence-electron chi connectivity index (χ0n) is 32.9. The number of nitrogens with zero attached hydrogens (tertiary/aromatic N) is 1. The number of hydrogen-bond acceptors (Lipinski definition) is 2. The minimum atomic E-state index is 1.11. The molecule has 10 aromatic carbocycles. The average molecular weight is 782 g/mol. The van der Waals surface area contributed by atoms with E-state index in [0.717, 1.165) is 11.4 Å². The molecule has 1 aromatic heterocycles. The number of rotatable bonds is 8. The molecule has 1 heterocycles. The van der Waals surface area contributed by atoms with Crippen LogP contribution in [0.25, 0.3) is 86.6 Å². The van der Waals surface area contributed by atoms with E-state index in [0.29, 0.717) is 0 Å². The maximum atomic E-state index is 2.42. The van der Waals surface area contributed by atoms with Crippen LogP contribution in [0.4, 0.5) is 17.1 Å². The number of benzene rings is 10. The zero-order valence-corrected chi connectivity index (χ0v) is 33.7. The van der Waals surface area contributed by atoms with Crippen molar-refractivity contribution in [2.45, 2.75) is 0 Å². The average Bonchev–Trinajstić information content (AvgIpc) is 3.72. The Hall–Kier alpha value is -7.52. The molecule has 0 fully saturated rings. The second kappa shape index (κ2) is 15.3. The summed E-state index contributed by atoms with van der Waals surface area (Å²) in [5.41, 5.74) is 15.5. The Labute approximate surface area is 354 Å². The predicted molar refractivity (Wildman–Crippen MR) is 259 cm³/mol. The molecule has 0 spiro atoms. The standard InChI is InChI=1S/C58H39NS/c1-2-11-40(12-3-1)47-15-8-16-48(37-47)45-31-35-53(36-32-45)59(55-20-10-22-57-58(55)54-19-6-7-21-56(54)60-57)52-33-29-43(30-34-52)42-23-25-44(26-24-42)49-17-9-18-50(38-49)51-28-27-41-13-4-5-14-46(41)39-51/h1-39H. The molecular weight excluding hydrogens is 743 g/mol. The summed E-state index contributed by atoms with van der Waals surface area (Å²) in [4.78, 5) is 2.42. The predicted octanol–water partition coefficient (Wildman–Crippen LogP) is 17.0. The molecule has 0 unspecified atom stereocenters. The van der Waals surface area contributed by atoms with E-state index in [2.05, 4.69) is 241 Å². The highest BCUT2D eigenvalue weighted by atomic mass is 32.1. The van der Waals surface area contributed by atoms with E-state index < -0.39 is 0 Å². The van der Waals surface area contributed by atoms with Gasteiger partial charge in [0, 0.05) is 31.5 Å². The molecule has 0 radical (unpaired) electrons. The van der Waals surface area contributed by atoms with Crippen LogP contribution >= 0.6 is 11.3 Å². The molecule has 0 aliphatic carbocycles. The van der Waals surface area contributed by atoms with Gasteiger partial charge in [-0.15, -0.1) is 11.3 Å². The summed E-state index contributed by atoms with van der Waals surface area (Å²) in [5, 5.41) is 5.08. The van der Waals surface area contributed by atoms with Gasteiger partial charge in [0.1, 0.15) is 0 Å². The van der Waals surface area contributed by atoms with E-state index in [1.807, 2.05) is 11.3 Å². The Morgan fingerprint density at radius 2 is 0.683 bits per heavy atom. The fraction of sp³-hybridized carbons (Fsp3) is 0. The first kappa shape index (κ1) is 35.6. The van der Waals surface area contributed by atoms with Gasteiger partial charge in [-0.2, -0.15) is 0 Å². The second-order valence-corrected chi connectivity index (χ2v) is 16.4. The van der Waals surface area contributed by atoms with Gasteiger partial charge in [-0.3, -0.25) is 0 Å². The van der Waals surface area contributed by atoms with Gasteiger partial charge in [-0.25, -0.2) is 0 Å². The van der Waals surface area contributed by atoms with E-state index in [-0.39, 0.29) is 0 Å². The third-order valence-electron chi connectivity index (χ3n) is 11.7. The molecule has 0 N–H and O–H groups in total. The molecule has 11 aromatic rings. The molecular formula is C58H39NS. The van der Waals surface area contributed by atoms with Crippen molar-refractivity contribution in [3.63, 3.8) is 0 Å². The number of anilines is 3. The molecule has 2 heteroatoms. The first-order valence-corrected chi connectivity index (χ1v) is 21.3. The lowest BCUT2D eigenvalue weighted by atomic mass is 9.96. The Morgan fingerprint density at radius 3 is 1.32 bits per heavy atom. The van der Waals surface area contributed by atoms with Crippen LogP contribution in [0.2, 0.25) is 0 Å². The number of thiophene rings is 1. The van der Waals surface area contributed by atoms with Crippen LogP contribution < -0.4 is 4.90 Å². The Balaban J connectivity index is 0.926. The maximum Gasteiger partial charge on any atom is 0.0554 e. The van der Waals surface area contributed by atoms with Gasteiger partial charge in [0.2, 0.25) is 0 Å². The maximum absolute atomic E-state index is 2.42. The molecule has 0 aliphatic rings. The summed E-state index contributed by atoms with van der Waals surface area (Å²) in [7, 11) is 0. The van der Waals surface area contributed by atoms with Crippen LogP contribution in [-0.2, 0) is 0 Å². The molecule has 0 saturated carbocycles. The third kappa shape index (κ3) is 6.73. The van der Waals surface area contributed by atoms with Crippen LogP contribution in [0.3, 0.4) is 0 Å². The molecule has 0 aliphatic heterocycles. The summed E-state index contributed by atoms with van der Waals surface area (Å²) in [6.45, 7) is 0. The van der Waals surface area contributed by atoms with Gasteiger partial charge in [-0.1, -0.05) is 176 Å². The topological polar surface area (TPSA) is 3.24 Å². The van der Waals surface area contributed by atoms with Crippen molar-refractivity contribution < 1.29 is 0 Å². The van der Waals surface area contributed by atoms with Crippen molar-refractivity contribution in [3.05, 3.63) is 237 Å². The van der Waals surface area contributed by atoms with E-state index in [1.54, 1.807) is 0 Å². The lowest BCUT2D eigenvalue weighted by molar-refractivity contribution is 1.30. The van der Waals surface area contributed by atoms with Crippen LogP contribution in [-0.4, -0.2) is 0 Å². The van der Waals surface area contributed by atoms with E-state index in [4.69, 9.17) is 0 Å². The third-order valence-corrected chi connectivity index (χ3v) is 12.8. The van der Waals surface area contributed by atoms with Crippen molar-refractivity contribution in [2.75, 3.05) is 4.90 Å². The summed E-state index contributed by atoms with van der Waals surface area (Å²) < 4.78 is 2.58. The van der Waals surface area contributed by atoms with Crippen LogP contribution in [0.5, 0.6) is 0 Å². The first-order valence-electron chi connectivity index (χ1n) is 20.5. The lowest BCUT2D eigenvalue weighted by Gasteiger charge is -2.27. The Kier molecular flexibility index (Phi) is 9.11. The van der Waals surface area contributed by atoms with Crippen molar-refractivity contribution in [1.82, 2.24) is 0 Å². The molecule has 0 saturated heterocycles. The highest BCUT2D eigenvalue weighted by molar-refractivity contribution is 7.26. The summed E-state index contributed by atoms with van der Waals surface area (Å²) in [6.07, 6.45) is 0. The SMILES string of the molecule is c1ccc(-c2cccc(-c3ccc(N(c4ccc(-c5ccc(-c6cccc(-c7ccc8ccccc8c7)c6)cc5)cc4)c4cccc5sc6ccccc6c45)cc3)c2)cc1. The molecule has 11 rings (SSSR count). The fourth-order valence-electron chi connectivity index (χ4n) is 8.59. The van der Waals surface area contributed by atoms with Crippen molar-refractivity contribution in [3.8, 4) is 55.6 Å². The van der Waals surface area contributed by atoms with Gasteiger partial charge in [0.05, 0.1) is 5.69 Å². The van der Waals surface area contributed by atoms with Crippen LogP contribution in [0, 0.1) is 0 Å². The molecule has 0 atom stereocenters. The molecule has 0 amide bonds. The normalized spacial score (nSPS) is 11.3. The van der Waals surface area contributed by atoms with E-state index in [1.165, 1.54) is 92.3 Å². The van der Waals surface area contributed by atoms with E-state index >= 15 is 0 Å². The fourth-order valence-corrected chi connectivity index (χ4v) is 9.71.